The number of benzene rings is 1. The first kappa shape index (κ1) is 14.0. The average Bonchev–Trinajstić information content (AvgIpc) is 2.31. The monoisotopic (exact) mass is 265 g/mol. The lowest BCUT2D eigenvalue weighted by Crippen LogP contribution is -2.45. The van der Waals surface area contributed by atoms with Crippen LogP contribution in [0.3, 0.4) is 0 Å². The smallest absolute Gasteiger partial charge is 0.254 e. The van der Waals surface area contributed by atoms with E-state index < -0.39 is 0 Å². The zero-order valence-electron chi connectivity index (χ0n) is 11.2. The van der Waals surface area contributed by atoms with Gasteiger partial charge in [0.15, 0.2) is 0 Å². The van der Waals surface area contributed by atoms with Gasteiger partial charge in [0.05, 0.1) is 0 Å². The minimum atomic E-state index is -0.320. The molecule has 0 bridgehead atoms. The van der Waals surface area contributed by atoms with Crippen molar-refractivity contribution >= 4 is 5.91 Å². The predicted molar refractivity (Wildman–Crippen MR) is 71.5 cm³/mol. The minimum absolute atomic E-state index is 0.0457. The van der Waals surface area contributed by atoms with Crippen molar-refractivity contribution in [3.05, 3.63) is 35.1 Å². The van der Waals surface area contributed by atoms with Crippen molar-refractivity contribution in [1.82, 2.24) is 4.90 Å². The summed E-state index contributed by atoms with van der Waals surface area (Å²) in [5.41, 5.74) is 1.23. The molecule has 1 aromatic rings. The summed E-state index contributed by atoms with van der Waals surface area (Å²) in [5, 5.41) is 8.94. The summed E-state index contributed by atoms with van der Waals surface area (Å²) in [6, 6.07) is 4.55. The van der Waals surface area contributed by atoms with Crippen LogP contribution in [0.15, 0.2) is 18.2 Å². The van der Waals surface area contributed by atoms with Gasteiger partial charge in [-0.3, -0.25) is 4.79 Å². The van der Waals surface area contributed by atoms with Crippen molar-refractivity contribution in [3.63, 3.8) is 0 Å². The summed E-state index contributed by atoms with van der Waals surface area (Å²) in [6.07, 6.45) is 3.78. The van der Waals surface area contributed by atoms with Gasteiger partial charge in [-0.2, -0.15) is 0 Å². The van der Waals surface area contributed by atoms with Crippen molar-refractivity contribution in [2.45, 2.75) is 38.6 Å². The van der Waals surface area contributed by atoms with Gasteiger partial charge in [0.25, 0.3) is 5.91 Å². The predicted octanol–water partition coefficient (Wildman–Crippen LogP) is 2.51. The molecular formula is C15H20FNO2. The Morgan fingerprint density at radius 1 is 1.47 bits per heavy atom. The zero-order valence-corrected chi connectivity index (χ0v) is 11.2. The Balaban J connectivity index is 2.17. The Kier molecular flexibility index (Phi) is 4.53. The van der Waals surface area contributed by atoms with Gasteiger partial charge in [-0.25, -0.2) is 4.39 Å². The van der Waals surface area contributed by atoms with Gasteiger partial charge in [0.2, 0.25) is 0 Å². The van der Waals surface area contributed by atoms with Crippen LogP contribution < -0.4 is 0 Å². The molecule has 0 aromatic heterocycles. The van der Waals surface area contributed by atoms with E-state index in [1.54, 1.807) is 13.0 Å². The van der Waals surface area contributed by atoms with Gasteiger partial charge in [-0.1, -0.05) is 0 Å². The lowest BCUT2D eigenvalue weighted by molar-refractivity contribution is 0.0561. The Labute approximate surface area is 113 Å². The number of carbonyl (C=O) groups excluding carboxylic acids is 1. The summed E-state index contributed by atoms with van der Waals surface area (Å²) in [5.74, 6) is -0.366. The molecule has 2 rings (SSSR count). The molecule has 3 nitrogen and oxygen atoms in total. The summed E-state index contributed by atoms with van der Waals surface area (Å²) in [7, 11) is 0. The molecule has 0 unspecified atom stereocenters. The van der Waals surface area contributed by atoms with Crippen LogP contribution >= 0.6 is 0 Å². The van der Waals surface area contributed by atoms with E-state index in [1.165, 1.54) is 12.1 Å². The van der Waals surface area contributed by atoms with Crippen molar-refractivity contribution in [3.8, 4) is 0 Å². The van der Waals surface area contributed by atoms with Crippen LogP contribution in [0.25, 0.3) is 0 Å². The second-order valence-corrected chi connectivity index (χ2v) is 5.12. The summed E-state index contributed by atoms with van der Waals surface area (Å²) in [6.45, 7) is 2.40. The van der Waals surface area contributed by atoms with Crippen LogP contribution in [0.1, 0.15) is 41.6 Å². The quantitative estimate of drug-likeness (QED) is 0.888. The molecule has 0 aliphatic heterocycles. The lowest BCUT2D eigenvalue weighted by atomic mass is 9.90. The summed E-state index contributed by atoms with van der Waals surface area (Å²) in [4.78, 5) is 14.4. The van der Waals surface area contributed by atoms with Crippen molar-refractivity contribution in [2.75, 3.05) is 13.2 Å². The van der Waals surface area contributed by atoms with Crippen molar-refractivity contribution < 1.29 is 14.3 Å². The molecule has 1 aliphatic rings. The molecule has 0 saturated heterocycles. The number of hydrogen-bond acceptors (Lipinski definition) is 2. The molecule has 19 heavy (non-hydrogen) atoms. The first-order chi connectivity index (χ1) is 9.13. The molecule has 104 valence electrons. The molecule has 0 atom stereocenters. The van der Waals surface area contributed by atoms with E-state index >= 15 is 0 Å². The SMILES string of the molecule is Cc1cc(F)ccc1C(=O)N(CCCO)C1CCC1. The van der Waals surface area contributed by atoms with Gasteiger partial charge < -0.3 is 10.0 Å². The minimum Gasteiger partial charge on any atom is -0.396 e. The summed E-state index contributed by atoms with van der Waals surface area (Å²) >= 11 is 0. The first-order valence-electron chi connectivity index (χ1n) is 6.81. The number of aliphatic hydroxyl groups is 1. The maximum absolute atomic E-state index is 13.1. The number of halogens is 1. The molecule has 0 radical (unpaired) electrons. The molecule has 1 aliphatic carbocycles. The molecular weight excluding hydrogens is 245 g/mol. The largest absolute Gasteiger partial charge is 0.396 e. The molecule has 1 saturated carbocycles. The number of aliphatic hydroxyl groups excluding tert-OH is 1. The van der Waals surface area contributed by atoms with Gasteiger partial charge in [0, 0.05) is 24.8 Å². The van der Waals surface area contributed by atoms with Crippen LogP contribution in [0.5, 0.6) is 0 Å². The maximum Gasteiger partial charge on any atom is 0.254 e. The molecule has 1 fully saturated rings. The number of carbonyl (C=O) groups is 1. The Morgan fingerprint density at radius 3 is 2.74 bits per heavy atom. The number of aryl methyl sites for hydroxylation is 1. The van der Waals surface area contributed by atoms with Crippen molar-refractivity contribution in [1.29, 1.82) is 0 Å². The average molecular weight is 265 g/mol. The highest BCUT2D eigenvalue weighted by atomic mass is 19.1. The summed E-state index contributed by atoms with van der Waals surface area (Å²) < 4.78 is 13.1. The van der Waals surface area contributed by atoms with E-state index in [-0.39, 0.29) is 24.4 Å². The van der Waals surface area contributed by atoms with E-state index in [0.717, 1.165) is 19.3 Å². The second-order valence-electron chi connectivity index (χ2n) is 5.12. The highest BCUT2D eigenvalue weighted by molar-refractivity contribution is 5.95. The van der Waals surface area contributed by atoms with E-state index in [9.17, 15) is 9.18 Å². The van der Waals surface area contributed by atoms with Crippen LogP contribution in [0.2, 0.25) is 0 Å². The topological polar surface area (TPSA) is 40.5 Å². The van der Waals surface area contributed by atoms with Crippen LogP contribution in [-0.4, -0.2) is 35.1 Å². The Hall–Kier alpha value is -1.42. The third-order valence-corrected chi connectivity index (χ3v) is 3.75. The number of amides is 1. The number of nitrogens with zero attached hydrogens (tertiary/aromatic N) is 1. The molecule has 1 aromatic carbocycles. The molecule has 0 spiro atoms. The fourth-order valence-corrected chi connectivity index (χ4v) is 2.41. The Morgan fingerprint density at radius 2 is 2.21 bits per heavy atom. The number of rotatable bonds is 5. The van der Waals surface area contributed by atoms with E-state index in [1.807, 2.05) is 4.90 Å². The maximum atomic E-state index is 13.1. The van der Waals surface area contributed by atoms with Crippen LogP contribution in [-0.2, 0) is 0 Å². The standard InChI is InChI=1S/C15H20FNO2/c1-11-10-12(16)6-7-14(11)15(19)17(8-3-9-18)13-4-2-5-13/h6-7,10,13,18H,2-5,8-9H2,1H3. The fraction of sp³-hybridized carbons (Fsp3) is 0.533. The van der Waals surface area contributed by atoms with Gasteiger partial charge in [-0.15, -0.1) is 0 Å². The highest BCUT2D eigenvalue weighted by Gasteiger charge is 2.29. The van der Waals surface area contributed by atoms with Gasteiger partial charge in [0.1, 0.15) is 5.82 Å². The lowest BCUT2D eigenvalue weighted by Gasteiger charge is -2.38. The molecule has 0 heterocycles. The highest BCUT2D eigenvalue weighted by Crippen LogP contribution is 2.27. The third-order valence-electron chi connectivity index (χ3n) is 3.75. The first-order valence-corrected chi connectivity index (χ1v) is 6.81. The van der Waals surface area contributed by atoms with E-state index in [2.05, 4.69) is 0 Å². The van der Waals surface area contributed by atoms with Crippen molar-refractivity contribution in [2.24, 2.45) is 0 Å². The fourth-order valence-electron chi connectivity index (χ4n) is 2.41. The second kappa shape index (κ2) is 6.15. The third kappa shape index (κ3) is 3.13. The molecule has 4 heteroatoms. The normalized spacial score (nSPS) is 15.1. The van der Waals surface area contributed by atoms with Gasteiger partial charge >= 0.3 is 0 Å². The zero-order chi connectivity index (χ0) is 13.8. The van der Waals surface area contributed by atoms with E-state index in [0.29, 0.717) is 24.1 Å². The van der Waals surface area contributed by atoms with E-state index in [4.69, 9.17) is 5.11 Å². The van der Waals surface area contributed by atoms with Crippen LogP contribution in [0.4, 0.5) is 4.39 Å². The molecule has 1 N–H and O–H groups in total. The number of hydrogen-bond donors (Lipinski definition) is 1. The Bertz CT molecular complexity index is 457. The van der Waals surface area contributed by atoms with Gasteiger partial charge in [-0.05, 0) is 56.4 Å². The molecule has 1 amide bonds. The van der Waals surface area contributed by atoms with Crippen LogP contribution in [0, 0.1) is 12.7 Å².